The second-order valence-electron chi connectivity index (χ2n) is 16.6. The van der Waals surface area contributed by atoms with Crippen molar-refractivity contribution in [3.05, 3.63) is 215 Å². The monoisotopic (exact) mass is 940 g/mol. The molecule has 60 heavy (non-hydrogen) atoms. The van der Waals surface area contributed by atoms with Gasteiger partial charge in [-0.25, -0.2) is 0 Å². The second-order valence-corrected chi connectivity index (χ2v) is 28.9. The van der Waals surface area contributed by atoms with Crippen LogP contribution < -0.4 is 64.6 Å². The minimum absolute atomic E-state index is 0.267. The van der Waals surface area contributed by atoms with E-state index in [0.29, 0.717) is 0 Å². The summed E-state index contributed by atoms with van der Waals surface area (Å²) in [6, 6.07) is 67.8. The van der Waals surface area contributed by atoms with Crippen molar-refractivity contribution >= 4 is 119 Å². The molecule has 0 amide bonds. The first-order valence-corrected chi connectivity index (χ1v) is 28.9. The average Bonchev–Trinajstić information content (AvgIpc) is 3.26. The van der Waals surface area contributed by atoms with E-state index in [9.17, 15) is 0 Å². The molecule has 2 aliphatic heterocycles. The predicted octanol–water partition coefficient (Wildman–Crippen LogP) is 5.64. The molecule has 8 aromatic carbocycles. The van der Waals surface area contributed by atoms with Crippen molar-refractivity contribution in [2.75, 3.05) is 0 Å². The number of hydrogen-bond acceptors (Lipinski definition) is 0. The molecule has 0 aromatic heterocycles. The minimum atomic E-state index is -1.82. The molecule has 0 saturated carbocycles. The van der Waals surface area contributed by atoms with Gasteiger partial charge in [-0.3, -0.25) is 0 Å². The summed E-state index contributed by atoms with van der Waals surface area (Å²) in [6.45, 7) is 14.0. The van der Waals surface area contributed by atoms with Crippen molar-refractivity contribution in [2.24, 2.45) is 0 Å². The van der Waals surface area contributed by atoms with E-state index < -0.39 is 11.0 Å². The van der Waals surface area contributed by atoms with Crippen LogP contribution in [0.5, 0.6) is 0 Å². The van der Waals surface area contributed by atoms with Crippen LogP contribution in [0.2, 0.25) is 0 Å². The SMILES string of the molecule is Cc1cc(C)c(B2c3ccccc3P(=[Se])(c3ccccc3)c3ccccc32)c(C)c1.Cc1cc(C)c(B2c3ccccc3P(=[Se])(c3ccccc3)c3ccccc32)c(C)c1. The zero-order chi connectivity index (χ0) is 41.8. The van der Waals surface area contributed by atoms with E-state index in [1.54, 1.807) is 0 Å². The summed E-state index contributed by atoms with van der Waals surface area (Å²) >= 11 is 7.49. The molecule has 8 aromatic rings. The number of benzene rings is 8. The van der Waals surface area contributed by atoms with Crippen LogP contribution in [0.3, 0.4) is 0 Å². The van der Waals surface area contributed by atoms with Crippen LogP contribution in [-0.4, -0.2) is 43.6 Å². The summed E-state index contributed by atoms with van der Waals surface area (Å²) in [5.41, 5.74) is 13.3. The molecule has 292 valence electrons. The fourth-order valence-electron chi connectivity index (χ4n) is 10.4. The molecule has 0 bridgehead atoms. The summed E-state index contributed by atoms with van der Waals surface area (Å²) in [5.74, 6) is 0. The molecule has 0 fully saturated rings. The fourth-order valence-corrected chi connectivity index (χ4v) is 22.4. The van der Waals surface area contributed by atoms with E-state index in [1.807, 2.05) is 0 Å². The van der Waals surface area contributed by atoms with Gasteiger partial charge in [0.1, 0.15) is 0 Å². The standard InChI is InChI=1S/2C27H24BPSe/c2*1-19-17-20(2)27(21(3)18-19)28-23-13-7-9-15-25(23)29(30,22-11-5-4-6-12-22)26-16-10-8-14-24(26)28/h2*4-18H,1-3H3. The van der Waals surface area contributed by atoms with Crippen molar-refractivity contribution < 1.29 is 0 Å². The van der Waals surface area contributed by atoms with E-state index in [4.69, 9.17) is 0 Å². The maximum absolute atomic E-state index is 3.74. The zero-order valence-corrected chi connectivity index (χ0v) is 40.4. The number of fused-ring (bicyclic) bond motifs is 4. The summed E-state index contributed by atoms with van der Waals surface area (Å²) in [6.07, 6.45) is 0. The van der Waals surface area contributed by atoms with E-state index in [2.05, 4.69) is 254 Å². The molecule has 0 aliphatic carbocycles. The van der Waals surface area contributed by atoms with Crippen molar-refractivity contribution in [3.63, 3.8) is 0 Å². The molecule has 2 aliphatic rings. The zero-order valence-electron chi connectivity index (χ0n) is 35.2. The van der Waals surface area contributed by atoms with E-state index in [0.717, 1.165) is 0 Å². The average molecular weight is 938 g/mol. The van der Waals surface area contributed by atoms with Gasteiger partial charge >= 0.3 is 376 Å². The third-order valence-electron chi connectivity index (χ3n) is 12.6. The third kappa shape index (κ3) is 6.86. The molecule has 0 nitrogen and oxygen atoms in total. The maximum atomic E-state index is 3.74. The van der Waals surface area contributed by atoms with Gasteiger partial charge in [0.2, 0.25) is 0 Å². The van der Waals surface area contributed by atoms with E-state index >= 15 is 0 Å². The Morgan fingerprint density at radius 3 is 0.817 bits per heavy atom. The Balaban J connectivity index is 0.000000154. The van der Waals surface area contributed by atoms with Gasteiger partial charge in [0.05, 0.1) is 0 Å². The Morgan fingerprint density at radius 1 is 0.317 bits per heavy atom. The Labute approximate surface area is 373 Å². The molecule has 0 radical (unpaired) electrons. The first-order chi connectivity index (χ1) is 29.0. The molecule has 10 rings (SSSR count). The summed E-state index contributed by atoms with van der Waals surface area (Å²) in [5, 5.41) is 8.69. The molecule has 0 atom stereocenters. The first kappa shape index (κ1) is 41.2. The Bertz CT molecular complexity index is 2680. The second kappa shape index (κ2) is 16.6. The molecular weight excluding hydrogens is 890 g/mol. The van der Waals surface area contributed by atoms with Gasteiger partial charge in [0, 0.05) is 0 Å². The molecule has 2 heterocycles. The predicted molar refractivity (Wildman–Crippen MR) is 272 cm³/mol. The summed E-state index contributed by atoms with van der Waals surface area (Å²) in [4.78, 5) is 0. The van der Waals surface area contributed by atoms with Crippen LogP contribution >= 0.6 is 11.0 Å². The number of aryl methyl sites for hydroxylation is 6. The quantitative estimate of drug-likeness (QED) is 0.159. The number of hydrogen-bond donors (Lipinski definition) is 0. The van der Waals surface area contributed by atoms with Crippen molar-refractivity contribution in [2.45, 2.75) is 41.5 Å². The van der Waals surface area contributed by atoms with Crippen LogP contribution in [0.25, 0.3) is 0 Å². The van der Waals surface area contributed by atoms with Crippen LogP contribution in [0.4, 0.5) is 0 Å². The normalized spacial score (nSPS) is 14.2. The van der Waals surface area contributed by atoms with Gasteiger partial charge in [-0.15, -0.1) is 0 Å². The van der Waals surface area contributed by atoms with Crippen LogP contribution in [-0.2, 0) is 0 Å². The fraction of sp³-hybridized carbons (Fsp3) is 0.111. The van der Waals surface area contributed by atoms with Gasteiger partial charge in [-0.2, -0.15) is 0 Å². The van der Waals surface area contributed by atoms with Gasteiger partial charge in [0.25, 0.3) is 0 Å². The first-order valence-electron chi connectivity index (χ1n) is 20.9. The summed E-state index contributed by atoms with van der Waals surface area (Å²) in [7, 11) is 0. The molecule has 0 unspecified atom stereocenters. The molecule has 0 spiro atoms. The van der Waals surface area contributed by atoms with Crippen molar-refractivity contribution in [3.8, 4) is 0 Å². The van der Waals surface area contributed by atoms with E-state index in [1.165, 1.54) is 98.0 Å². The van der Waals surface area contributed by atoms with Crippen LogP contribution in [0.15, 0.2) is 182 Å². The van der Waals surface area contributed by atoms with Gasteiger partial charge in [-0.05, 0) is 0 Å². The van der Waals surface area contributed by atoms with Gasteiger partial charge in [-0.1, -0.05) is 0 Å². The molecule has 6 heteroatoms. The summed E-state index contributed by atoms with van der Waals surface area (Å²) < 4.78 is 0. The van der Waals surface area contributed by atoms with Crippen molar-refractivity contribution in [1.82, 2.24) is 0 Å². The number of rotatable bonds is 4. The Morgan fingerprint density at radius 2 is 0.550 bits per heavy atom. The van der Waals surface area contributed by atoms with Crippen LogP contribution in [0, 0.1) is 41.5 Å². The Hall–Kier alpha value is -4.21. The van der Waals surface area contributed by atoms with Gasteiger partial charge in [0.15, 0.2) is 0 Å². The van der Waals surface area contributed by atoms with Gasteiger partial charge < -0.3 is 0 Å². The van der Waals surface area contributed by atoms with Crippen molar-refractivity contribution in [1.29, 1.82) is 0 Å². The molecule has 0 saturated heterocycles. The molecule has 0 N–H and O–H groups in total. The third-order valence-corrected chi connectivity index (χ3v) is 26.6. The molecular formula is C54H48B2P2Se2. The Kier molecular flexibility index (Phi) is 11.4. The topological polar surface area (TPSA) is 0 Å². The van der Waals surface area contributed by atoms with E-state index in [-0.39, 0.29) is 13.4 Å². The van der Waals surface area contributed by atoms with Crippen LogP contribution in [0.1, 0.15) is 33.4 Å².